The van der Waals surface area contributed by atoms with Crippen LogP contribution in [0, 0.1) is 40.4 Å². The van der Waals surface area contributed by atoms with Gasteiger partial charge in [0.25, 0.3) is 0 Å². The van der Waals surface area contributed by atoms with Crippen molar-refractivity contribution in [3.05, 3.63) is 83.1 Å². The maximum atomic E-state index is 13.6. The van der Waals surface area contributed by atoms with Crippen LogP contribution in [0.4, 0.5) is 0 Å². The normalized spacial score (nSPS) is 33.4. The third kappa shape index (κ3) is 5.45. The van der Waals surface area contributed by atoms with E-state index < -0.39 is 0 Å². The van der Waals surface area contributed by atoms with Crippen LogP contribution in [0.2, 0.25) is 0 Å². The predicted octanol–water partition coefficient (Wildman–Crippen LogP) is 8.75. The summed E-state index contributed by atoms with van der Waals surface area (Å²) in [7, 11) is 1.50. The topological polar surface area (TPSA) is 56.3 Å². The number of benzene rings is 1. The summed E-state index contributed by atoms with van der Waals surface area (Å²) in [5.41, 5.74) is 4.92. The van der Waals surface area contributed by atoms with Crippen LogP contribution >= 0.6 is 11.8 Å². The van der Waals surface area contributed by atoms with E-state index in [0.717, 1.165) is 55.5 Å². The summed E-state index contributed by atoms with van der Waals surface area (Å²) >= 11 is 1.34. The lowest BCUT2D eigenvalue weighted by Gasteiger charge is -2.57. The first-order valence-electron chi connectivity index (χ1n) is 16.2. The zero-order valence-corrected chi connectivity index (χ0v) is 27.5. The van der Waals surface area contributed by atoms with Crippen LogP contribution < -0.4 is 0 Å². The zero-order chi connectivity index (χ0) is 30.6. The van der Waals surface area contributed by atoms with Gasteiger partial charge in [-0.1, -0.05) is 71.0 Å². The second-order valence-electron chi connectivity index (χ2n) is 15.1. The number of hydrogen-bond donors (Lipinski definition) is 0. The molecule has 0 spiro atoms. The van der Waals surface area contributed by atoms with Gasteiger partial charge in [-0.25, -0.2) is 9.78 Å². The van der Waals surface area contributed by atoms with Crippen LogP contribution in [-0.2, 0) is 26.2 Å². The van der Waals surface area contributed by atoms with Crippen LogP contribution in [0.1, 0.15) is 84.3 Å². The van der Waals surface area contributed by atoms with E-state index in [0.29, 0.717) is 22.9 Å². The Morgan fingerprint density at radius 2 is 1.79 bits per heavy atom. The lowest BCUT2D eigenvalue weighted by molar-refractivity contribution is -0.137. The van der Waals surface area contributed by atoms with E-state index in [1.54, 1.807) is 6.20 Å². The molecule has 0 N–H and O–H groups in total. The number of aromatic nitrogens is 1. The molecule has 43 heavy (non-hydrogen) atoms. The Bertz CT molecular complexity index is 1440. The van der Waals surface area contributed by atoms with Crippen molar-refractivity contribution in [1.29, 1.82) is 0 Å². The molecule has 2 aromatic rings. The smallest absolute Gasteiger partial charge is 0.334 e. The molecule has 1 heterocycles. The van der Waals surface area contributed by atoms with Gasteiger partial charge in [0.05, 0.1) is 7.11 Å². The number of ether oxygens (including phenoxy) is 1. The third-order valence-corrected chi connectivity index (χ3v) is 12.7. The van der Waals surface area contributed by atoms with Crippen molar-refractivity contribution in [2.24, 2.45) is 40.4 Å². The van der Waals surface area contributed by atoms with E-state index in [-0.39, 0.29) is 34.1 Å². The van der Waals surface area contributed by atoms with Crippen molar-refractivity contribution in [1.82, 2.24) is 4.98 Å². The van der Waals surface area contributed by atoms with Crippen molar-refractivity contribution in [2.45, 2.75) is 90.0 Å². The summed E-state index contributed by atoms with van der Waals surface area (Å²) in [5, 5.41) is 1.10. The predicted molar refractivity (Wildman–Crippen MR) is 173 cm³/mol. The summed E-state index contributed by atoms with van der Waals surface area (Å²) in [5.74, 6) is 1.70. The molecule has 2 saturated carbocycles. The Kier molecular flexibility index (Phi) is 8.03. The molecule has 0 amide bonds. The van der Waals surface area contributed by atoms with E-state index in [1.807, 2.05) is 18.2 Å². The highest BCUT2D eigenvalue weighted by Crippen LogP contribution is 2.67. The summed E-state index contributed by atoms with van der Waals surface area (Å²) in [6.07, 6.45) is 13.6. The molecule has 0 bridgehead atoms. The number of thioether (sulfide) groups is 1. The van der Waals surface area contributed by atoms with E-state index in [1.165, 1.54) is 35.6 Å². The Morgan fingerprint density at radius 3 is 2.47 bits per heavy atom. The van der Waals surface area contributed by atoms with Gasteiger partial charge in [-0.05, 0) is 132 Å². The van der Waals surface area contributed by atoms with E-state index in [4.69, 9.17) is 4.74 Å². The van der Waals surface area contributed by atoms with Crippen LogP contribution in [-0.4, -0.2) is 23.2 Å². The number of allylic oxidation sites excluding steroid dienone is 3. The van der Waals surface area contributed by atoms with E-state index >= 15 is 0 Å². The number of methoxy groups -OCH3 is 1. The Hall–Kier alpha value is -2.66. The van der Waals surface area contributed by atoms with Gasteiger partial charge in [-0.15, -0.1) is 0 Å². The van der Waals surface area contributed by atoms with Crippen LogP contribution in [0.25, 0.3) is 0 Å². The van der Waals surface area contributed by atoms with Gasteiger partial charge >= 0.3 is 5.97 Å². The summed E-state index contributed by atoms with van der Waals surface area (Å²) in [4.78, 5) is 31.1. The van der Waals surface area contributed by atoms with Crippen LogP contribution in [0.5, 0.6) is 0 Å². The van der Waals surface area contributed by atoms with Crippen LogP contribution in [0.15, 0.2) is 77.0 Å². The first kappa shape index (κ1) is 30.4. The fourth-order valence-corrected chi connectivity index (χ4v) is 10.4. The van der Waals surface area contributed by atoms with Crippen molar-refractivity contribution in [3.8, 4) is 0 Å². The molecule has 1 aromatic carbocycles. The lowest BCUT2D eigenvalue weighted by Crippen LogP contribution is -2.50. The Morgan fingerprint density at radius 1 is 1.02 bits per heavy atom. The van der Waals surface area contributed by atoms with Gasteiger partial charge in [0, 0.05) is 17.7 Å². The SMILES string of the molecule is COC(=O)C1=CC2=CC[C@H]3[C@@H]4CC[C@H](C(=O)Sc5ccccn5)[C@@]4(C)CC[C@@H]3[C@@]2(C)C[C@H]1Cc1ccc(C(C)(C)C)cc1. The summed E-state index contributed by atoms with van der Waals surface area (Å²) in [6, 6.07) is 14.8. The fourth-order valence-electron chi connectivity index (χ4n) is 9.44. The molecule has 6 rings (SSSR count). The molecule has 0 unspecified atom stereocenters. The number of pyridine rings is 1. The molecule has 0 radical (unpaired) electrons. The zero-order valence-electron chi connectivity index (χ0n) is 26.7. The van der Waals surface area contributed by atoms with Gasteiger partial charge in [0.15, 0.2) is 5.12 Å². The molecule has 4 aliphatic rings. The highest BCUT2D eigenvalue weighted by molar-refractivity contribution is 8.13. The fraction of sp³-hybridized carbons (Fsp3) is 0.553. The molecule has 0 aliphatic heterocycles. The minimum absolute atomic E-state index is 0.0165. The Labute approximate surface area is 262 Å². The molecule has 1 aromatic heterocycles. The second kappa shape index (κ2) is 11.4. The molecule has 4 aliphatic carbocycles. The molecule has 0 saturated heterocycles. The minimum atomic E-state index is -0.194. The van der Waals surface area contributed by atoms with Gasteiger partial charge < -0.3 is 4.74 Å². The number of carbonyl (C=O) groups excluding carboxylic acids is 2. The van der Waals surface area contributed by atoms with Crippen molar-refractivity contribution >= 4 is 22.8 Å². The maximum Gasteiger partial charge on any atom is 0.334 e. The number of carbonyl (C=O) groups is 2. The first-order valence-corrected chi connectivity index (χ1v) is 17.0. The largest absolute Gasteiger partial charge is 0.466 e. The molecule has 2 fully saturated rings. The number of esters is 1. The van der Waals surface area contributed by atoms with Crippen LogP contribution in [0.3, 0.4) is 0 Å². The molecular weight excluding hydrogens is 550 g/mol. The number of fused-ring (bicyclic) bond motifs is 5. The third-order valence-electron chi connectivity index (χ3n) is 11.8. The molecule has 5 heteroatoms. The van der Waals surface area contributed by atoms with Crippen molar-refractivity contribution in [3.63, 3.8) is 0 Å². The summed E-state index contributed by atoms with van der Waals surface area (Å²) in [6.45, 7) is 11.6. The molecule has 4 nitrogen and oxygen atoms in total. The minimum Gasteiger partial charge on any atom is -0.466 e. The second-order valence-corrected chi connectivity index (χ2v) is 16.1. The number of rotatable bonds is 5. The molecule has 228 valence electrons. The Balaban J connectivity index is 1.25. The van der Waals surface area contributed by atoms with E-state index in [2.05, 4.69) is 76.0 Å². The van der Waals surface area contributed by atoms with Gasteiger partial charge in [-0.2, -0.15) is 0 Å². The average Bonchev–Trinajstić information content (AvgIpc) is 3.34. The average molecular weight is 598 g/mol. The summed E-state index contributed by atoms with van der Waals surface area (Å²) < 4.78 is 5.31. The number of hydrogen-bond acceptors (Lipinski definition) is 5. The molecule has 7 atom stereocenters. The number of nitrogens with zero attached hydrogens (tertiary/aromatic N) is 1. The van der Waals surface area contributed by atoms with Gasteiger partial charge in [-0.3, -0.25) is 4.79 Å². The van der Waals surface area contributed by atoms with Crippen molar-refractivity contribution in [2.75, 3.05) is 7.11 Å². The highest BCUT2D eigenvalue weighted by atomic mass is 32.2. The lowest BCUT2D eigenvalue weighted by atomic mass is 9.47. The van der Waals surface area contributed by atoms with Gasteiger partial charge in [0.2, 0.25) is 0 Å². The maximum absolute atomic E-state index is 13.6. The standard InChI is InChI=1S/C38H47NO3S/c1-36(2,3)26-12-10-24(11-13-26)21-25-23-38(5)27(22-29(25)34(40)42-6)14-15-28-30-16-17-32(37(30,4)19-18-31(28)38)35(41)43-33-9-7-8-20-39-33/h7-14,20,22,25,28,30-32H,15-19,21,23H2,1-6H3/t25-,28+,30+,31+,32-,37+,38+/m1/s1. The first-order chi connectivity index (χ1) is 20.4. The van der Waals surface area contributed by atoms with E-state index in [9.17, 15) is 9.59 Å². The highest BCUT2D eigenvalue weighted by Gasteiger charge is 2.60. The van der Waals surface area contributed by atoms with Gasteiger partial charge in [0.1, 0.15) is 5.03 Å². The molecular formula is C38H47NO3S. The quantitative estimate of drug-likeness (QED) is 0.255. The van der Waals surface area contributed by atoms with Crippen molar-refractivity contribution < 1.29 is 14.3 Å². The monoisotopic (exact) mass is 597 g/mol.